The largest absolute Gasteiger partial charge is 0.345 e. The van der Waals surface area contributed by atoms with E-state index in [9.17, 15) is 14.9 Å². The summed E-state index contributed by atoms with van der Waals surface area (Å²) >= 11 is 4.57. The summed E-state index contributed by atoms with van der Waals surface area (Å²) in [5.41, 5.74) is 1.94. The molecule has 0 aliphatic carbocycles. The van der Waals surface area contributed by atoms with E-state index in [0.717, 1.165) is 26.9 Å². The van der Waals surface area contributed by atoms with E-state index in [1.165, 1.54) is 4.57 Å². The maximum atomic E-state index is 13.4. The van der Waals surface area contributed by atoms with Crippen molar-refractivity contribution in [2.24, 2.45) is 0 Å². The van der Waals surface area contributed by atoms with Crippen LogP contribution in [0.4, 0.5) is 0 Å². The number of rotatable bonds is 5. The molecule has 7 heteroatoms. The molecule has 1 N–H and O–H groups in total. The summed E-state index contributed by atoms with van der Waals surface area (Å²) in [6.45, 7) is 1.85. The molecule has 1 amide bonds. The van der Waals surface area contributed by atoms with Crippen molar-refractivity contribution in [1.82, 2.24) is 9.88 Å². The Hall–Kier alpha value is -3.73. The molecule has 0 unspecified atom stereocenters. The zero-order chi connectivity index (χ0) is 24.1. The predicted molar refractivity (Wildman–Crippen MR) is 139 cm³/mol. The van der Waals surface area contributed by atoms with Gasteiger partial charge in [0.15, 0.2) is 5.57 Å². The van der Waals surface area contributed by atoms with Gasteiger partial charge >= 0.3 is 0 Å². The van der Waals surface area contributed by atoms with E-state index in [0.29, 0.717) is 10.2 Å². The molecular formula is C27H20BrN3O2S. The predicted octanol–water partition coefficient (Wildman–Crippen LogP) is 4.04. The normalized spacial score (nSPS) is 13.1. The molecule has 1 atom stereocenters. The molecule has 0 radical (unpaired) electrons. The van der Waals surface area contributed by atoms with Crippen molar-refractivity contribution in [3.05, 3.63) is 120 Å². The number of aromatic nitrogens is 1. The lowest BCUT2D eigenvalue weighted by molar-refractivity contribution is -0.116. The number of nitriles is 1. The van der Waals surface area contributed by atoms with Crippen LogP contribution in [0.1, 0.15) is 24.1 Å². The summed E-state index contributed by atoms with van der Waals surface area (Å²) in [6.07, 6.45) is 1.76. The van der Waals surface area contributed by atoms with Gasteiger partial charge in [0.05, 0.1) is 16.3 Å². The number of carbonyl (C=O) groups excluding carboxylic acids is 1. The molecule has 4 aromatic rings. The molecule has 0 bridgehead atoms. The molecule has 0 aliphatic heterocycles. The lowest BCUT2D eigenvalue weighted by Crippen LogP contribution is -2.34. The van der Waals surface area contributed by atoms with E-state index in [1.807, 2.05) is 85.8 Å². The monoisotopic (exact) mass is 529 g/mol. The smallest absolute Gasteiger partial charge is 0.273 e. The van der Waals surface area contributed by atoms with Crippen molar-refractivity contribution in [1.29, 1.82) is 5.26 Å². The van der Waals surface area contributed by atoms with Crippen LogP contribution in [0.25, 0.3) is 17.3 Å². The van der Waals surface area contributed by atoms with Crippen LogP contribution in [0.2, 0.25) is 0 Å². The topological polar surface area (TPSA) is 74.9 Å². The first kappa shape index (κ1) is 23.4. The van der Waals surface area contributed by atoms with Crippen molar-refractivity contribution in [2.45, 2.75) is 13.0 Å². The number of nitrogens with zero attached hydrogens (tertiary/aromatic N) is 2. The molecule has 0 aliphatic rings. The standard InChI is InChI=1S/C27H20BrN3O2S/c1-18(20-10-4-2-5-11-20)30-25(32)23(17-29)27-31(22-13-6-3-7-14-22)26(33)24(34-27)16-19-9-8-12-21(28)15-19/h2-16,18H,1H3,(H,30,32)/b24-16+,27-23+/t18-/m1/s1. The molecule has 34 heavy (non-hydrogen) atoms. The summed E-state index contributed by atoms with van der Waals surface area (Å²) in [6, 6.07) is 27.8. The fourth-order valence-corrected chi connectivity index (χ4v) is 5.02. The van der Waals surface area contributed by atoms with Gasteiger partial charge in [0, 0.05) is 4.47 Å². The molecule has 4 rings (SSSR count). The number of hydrogen-bond acceptors (Lipinski definition) is 4. The van der Waals surface area contributed by atoms with E-state index in [-0.39, 0.29) is 21.8 Å². The van der Waals surface area contributed by atoms with Crippen LogP contribution >= 0.6 is 27.3 Å². The molecule has 0 saturated carbocycles. The second kappa shape index (κ2) is 10.5. The maximum Gasteiger partial charge on any atom is 0.273 e. The van der Waals surface area contributed by atoms with Crippen LogP contribution in [-0.4, -0.2) is 10.5 Å². The average Bonchev–Trinajstić information content (AvgIpc) is 3.16. The molecule has 5 nitrogen and oxygen atoms in total. The van der Waals surface area contributed by atoms with E-state index in [4.69, 9.17) is 0 Å². The molecule has 1 heterocycles. The van der Waals surface area contributed by atoms with Gasteiger partial charge in [-0.3, -0.25) is 14.2 Å². The number of thiazole rings is 1. The zero-order valence-electron chi connectivity index (χ0n) is 18.2. The Labute approximate surface area is 209 Å². The Morgan fingerprint density at radius 2 is 1.74 bits per heavy atom. The molecular weight excluding hydrogens is 510 g/mol. The third-order valence-corrected chi connectivity index (χ3v) is 6.77. The van der Waals surface area contributed by atoms with Crippen molar-refractivity contribution in [2.75, 3.05) is 0 Å². The van der Waals surface area contributed by atoms with Crippen molar-refractivity contribution < 1.29 is 4.79 Å². The van der Waals surface area contributed by atoms with Crippen LogP contribution in [0.15, 0.2) is 94.2 Å². The minimum absolute atomic E-state index is 0.109. The van der Waals surface area contributed by atoms with Crippen LogP contribution < -0.4 is 20.1 Å². The SMILES string of the molecule is C[C@@H](NC(=O)/C(C#N)=c1/s/c(=C/c2cccc(Br)c2)c(=O)n1-c1ccccc1)c1ccccc1. The quantitative estimate of drug-likeness (QED) is 0.423. The van der Waals surface area contributed by atoms with E-state index < -0.39 is 5.91 Å². The highest BCUT2D eigenvalue weighted by Gasteiger charge is 2.19. The summed E-state index contributed by atoms with van der Waals surface area (Å²) in [5, 5.41) is 12.8. The van der Waals surface area contributed by atoms with Gasteiger partial charge in [0.2, 0.25) is 0 Å². The molecule has 168 valence electrons. The second-order valence-corrected chi connectivity index (χ2v) is 9.49. The van der Waals surface area contributed by atoms with E-state index in [1.54, 1.807) is 18.2 Å². The highest BCUT2D eigenvalue weighted by atomic mass is 79.9. The third kappa shape index (κ3) is 5.09. The number of halogens is 1. The number of benzene rings is 3. The zero-order valence-corrected chi connectivity index (χ0v) is 20.6. The van der Waals surface area contributed by atoms with Crippen LogP contribution in [0.5, 0.6) is 0 Å². The minimum atomic E-state index is -0.529. The molecule has 0 fully saturated rings. The van der Waals surface area contributed by atoms with Gasteiger partial charge in [-0.05, 0) is 48.4 Å². The lowest BCUT2D eigenvalue weighted by atomic mass is 10.1. The summed E-state index contributed by atoms with van der Waals surface area (Å²) < 4.78 is 3.03. The van der Waals surface area contributed by atoms with Crippen LogP contribution in [0.3, 0.4) is 0 Å². The van der Waals surface area contributed by atoms with Gasteiger partial charge in [-0.1, -0.05) is 76.6 Å². The third-order valence-electron chi connectivity index (χ3n) is 5.18. The number of hydrogen-bond donors (Lipinski definition) is 1. The molecule has 0 saturated heterocycles. The average molecular weight is 530 g/mol. The number of amides is 1. The highest BCUT2D eigenvalue weighted by molar-refractivity contribution is 9.10. The van der Waals surface area contributed by atoms with Crippen LogP contribution in [-0.2, 0) is 4.79 Å². The minimum Gasteiger partial charge on any atom is -0.345 e. The first-order valence-corrected chi connectivity index (χ1v) is 12.1. The lowest BCUT2D eigenvalue weighted by Gasteiger charge is -2.13. The summed E-state index contributed by atoms with van der Waals surface area (Å²) in [5.74, 6) is -0.529. The van der Waals surface area contributed by atoms with Crippen molar-refractivity contribution >= 4 is 44.8 Å². The Balaban J connectivity index is 1.90. The highest BCUT2D eigenvalue weighted by Crippen LogP contribution is 2.13. The van der Waals surface area contributed by atoms with Crippen LogP contribution in [0, 0.1) is 11.3 Å². The van der Waals surface area contributed by atoms with E-state index >= 15 is 0 Å². The van der Waals surface area contributed by atoms with Crippen molar-refractivity contribution in [3.63, 3.8) is 0 Å². The fourth-order valence-electron chi connectivity index (χ4n) is 3.50. The van der Waals surface area contributed by atoms with Gasteiger partial charge in [-0.25, -0.2) is 0 Å². The number of nitrogens with one attached hydrogen (secondary N) is 1. The molecule has 0 spiro atoms. The summed E-state index contributed by atoms with van der Waals surface area (Å²) in [7, 11) is 0. The Morgan fingerprint density at radius 1 is 1.06 bits per heavy atom. The maximum absolute atomic E-state index is 13.4. The second-order valence-electron chi connectivity index (χ2n) is 7.54. The van der Waals surface area contributed by atoms with Crippen molar-refractivity contribution in [3.8, 4) is 11.8 Å². The first-order valence-electron chi connectivity index (χ1n) is 10.5. The van der Waals surface area contributed by atoms with E-state index in [2.05, 4.69) is 21.2 Å². The van der Waals surface area contributed by atoms with Gasteiger partial charge in [0.1, 0.15) is 10.7 Å². The Kier molecular flexibility index (Phi) is 7.21. The molecule has 1 aromatic heterocycles. The number of carbonyl (C=O) groups is 1. The van der Waals surface area contributed by atoms with Gasteiger partial charge < -0.3 is 5.32 Å². The fraction of sp³-hybridized carbons (Fsp3) is 0.0741. The first-order chi connectivity index (χ1) is 16.5. The Morgan fingerprint density at radius 3 is 2.38 bits per heavy atom. The van der Waals surface area contributed by atoms with Gasteiger partial charge in [-0.15, -0.1) is 11.3 Å². The molecule has 3 aromatic carbocycles. The number of para-hydroxylation sites is 1. The van der Waals surface area contributed by atoms with Gasteiger partial charge in [-0.2, -0.15) is 5.26 Å². The van der Waals surface area contributed by atoms with Gasteiger partial charge in [0.25, 0.3) is 11.5 Å². The summed E-state index contributed by atoms with van der Waals surface area (Å²) in [4.78, 5) is 26.6. The Bertz CT molecular complexity index is 1550.